The summed E-state index contributed by atoms with van der Waals surface area (Å²) in [6.45, 7) is 0.735. The molecule has 0 bridgehead atoms. The van der Waals surface area contributed by atoms with Gasteiger partial charge < -0.3 is 5.32 Å². The summed E-state index contributed by atoms with van der Waals surface area (Å²) in [7, 11) is 0. The third-order valence-corrected chi connectivity index (χ3v) is 3.84. The van der Waals surface area contributed by atoms with Crippen molar-refractivity contribution in [2.75, 3.05) is 6.54 Å². The van der Waals surface area contributed by atoms with Crippen molar-refractivity contribution in [2.24, 2.45) is 0 Å². The summed E-state index contributed by atoms with van der Waals surface area (Å²) in [5.41, 5.74) is 1.04. The van der Waals surface area contributed by atoms with Gasteiger partial charge in [0.1, 0.15) is 0 Å². The van der Waals surface area contributed by atoms with E-state index in [0.717, 1.165) is 17.1 Å². The van der Waals surface area contributed by atoms with E-state index in [2.05, 4.69) is 16.4 Å². The number of nitrogens with zero attached hydrogens (tertiary/aromatic N) is 1. The minimum Gasteiger partial charge on any atom is -0.355 e. The van der Waals surface area contributed by atoms with Crippen molar-refractivity contribution in [1.82, 2.24) is 10.3 Å². The maximum absolute atomic E-state index is 11.1. The summed E-state index contributed by atoms with van der Waals surface area (Å²) in [6.07, 6.45) is 0.583. The topological polar surface area (TPSA) is 42.0 Å². The Kier molecular flexibility index (Phi) is 1.95. The highest BCUT2D eigenvalue weighted by Gasteiger charge is 2.25. The predicted molar refractivity (Wildman–Crippen MR) is 60.0 cm³/mol. The first-order valence-corrected chi connectivity index (χ1v) is 5.77. The number of carbonyl (C=O) groups is 1. The number of hydrogen-bond donors (Lipinski definition) is 1. The van der Waals surface area contributed by atoms with Crippen molar-refractivity contribution >= 4 is 27.5 Å². The first kappa shape index (κ1) is 8.85. The first-order chi connectivity index (χ1) is 7.33. The van der Waals surface area contributed by atoms with E-state index in [4.69, 9.17) is 0 Å². The molecule has 15 heavy (non-hydrogen) atoms. The van der Waals surface area contributed by atoms with Gasteiger partial charge in [-0.05, 0) is 12.1 Å². The molecule has 4 heteroatoms. The van der Waals surface area contributed by atoms with Gasteiger partial charge in [0.05, 0.1) is 15.2 Å². The highest BCUT2D eigenvalue weighted by molar-refractivity contribution is 7.18. The van der Waals surface area contributed by atoms with Crippen molar-refractivity contribution in [3.05, 3.63) is 29.3 Å². The second-order valence-electron chi connectivity index (χ2n) is 3.72. The molecule has 3 rings (SSSR count). The van der Waals surface area contributed by atoms with E-state index in [1.165, 1.54) is 4.70 Å². The molecule has 1 amide bonds. The molecule has 0 aliphatic carbocycles. The van der Waals surface area contributed by atoms with Crippen LogP contribution in [0.3, 0.4) is 0 Å². The molecule has 1 aliphatic heterocycles. The van der Waals surface area contributed by atoms with Crippen LogP contribution in [0.5, 0.6) is 0 Å². The van der Waals surface area contributed by atoms with Crippen LogP contribution in [-0.4, -0.2) is 17.4 Å². The monoisotopic (exact) mass is 218 g/mol. The summed E-state index contributed by atoms with van der Waals surface area (Å²) in [5, 5.41) is 3.92. The van der Waals surface area contributed by atoms with E-state index in [1.54, 1.807) is 11.3 Å². The Bertz CT molecular complexity index is 487. The van der Waals surface area contributed by atoms with Crippen LogP contribution in [0.25, 0.3) is 10.2 Å². The molecule has 1 aliphatic rings. The van der Waals surface area contributed by atoms with Crippen LogP contribution in [0, 0.1) is 0 Å². The minimum absolute atomic E-state index is 0.138. The molecule has 1 unspecified atom stereocenters. The van der Waals surface area contributed by atoms with Crippen molar-refractivity contribution in [3.8, 4) is 0 Å². The van der Waals surface area contributed by atoms with Gasteiger partial charge in [0.2, 0.25) is 5.91 Å². The number of rotatable bonds is 1. The molecule has 2 heterocycles. The lowest BCUT2D eigenvalue weighted by Crippen LogP contribution is -2.13. The molecule has 1 saturated heterocycles. The van der Waals surface area contributed by atoms with Crippen LogP contribution < -0.4 is 5.32 Å². The Morgan fingerprint density at radius 1 is 1.40 bits per heavy atom. The molecule has 0 saturated carbocycles. The molecule has 3 nitrogen and oxygen atoms in total. The number of benzene rings is 1. The van der Waals surface area contributed by atoms with E-state index >= 15 is 0 Å². The number of nitrogens with one attached hydrogen (secondary N) is 1. The Balaban J connectivity index is 2.01. The molecule has 76 valence electrons. The number of hydrogen-bond acceptors (Lipinski definition) is 3. The normalized spacial score (nSPS) is 20.8. The molecule has 1 fully saturated rings. The Morgan fingerprint density at radius 2 is 2.27 bits per heavy atom. The van der Waals surface area contributed by atoms with Crippen LogP contribution >= 0.6 is 11.3 Å². The van der Waals surface area contributed by atoms with Gasteiger partial charge in [-0.25, -0.2) is 4.98 Å². The third kappa shape index (κ3) is 1.51. The zero-order valence-corrected chi connectivity index (χ0v) is 8.88. The van der Waals surface area contributed by atoms with E-state index in [1.807, 2.05) is 18.2 Å². The lowest BCUT2D eigenvalue weighted by Gasteiger charge is -1.99. The summed E-state index contributed by atoms with van der Waals surface area (Å²) < 4.78 is 1.20. The Morgan fingerprint density at radius 3 is 3.00 bits per heavy atom. The van der Waals surface area contributed by atoms with E-state index < -0.39 is 0 Å². The molecule has 1 aromatic carbocycles. The molecule has 1 aromatic heterocycles. The van der Waals surface area contributed by atoms with Gasteiger partial charge in [0.15, 0.2) is 0 Å². The van der Waals surface area contributed by atoms with Gasteiger partial charge in [0.25, 0.3) is 0 Å². The fourth-order valence-electron chi connectivity index (χ4n) is 1.84. The fraction of sp³-hybridized carbons (Fsp3) is 0.273. The third-order valence-electron chi connectivity index (χ3n) is 2.64. The van der Waals surface area contributed by atoms with Crippen molar-refractivity contribution in [2.45, 2.75) is 12.3 Å². The second-order valence-corrected chi connectivity index (χ2v) is 4.79. The highest BCUT2D eigenvalue weighted by Crippen LogP contribution is 2.30. The van der Waals surface area contributed by atoms with Crippen molar-refractivity contribution in [1.29, 1.82) is 0 Å². The number of carbonyl (C=O) groups excluding carboxylic acids is 1. The summed E-state index contributed by atoms with van der Waals surface area (Å²) in [6, 6.07) is 8.09. The molecule has 1 N–H and O–H groups in total. The van der Waals surface area contributed by atoms with E-state index in [9.17, 15) is 4.79 Å². The Hall–Kier alpha value is -1.42. The van der Waals surface area contributed by atoms with Crippen molar-refractivity contribution in [3.63, 3.8) is 0 Å². The van der Waals surface area contributed by atoms with Gasteiger partial charge >= 0.3 is 0 Å². The van der Waals surface area contributed by atoms with Gasteiger partial charge in [0, 0.05) is 18.9 Å². The average molecular weight is 218 g/mol. The Labute approximate surface area is 91.1 Å². The number of para-hydroxylation sites is 1. The molecular weight excluding hydrogens is 208 g/mol. The molecule has 0 spiro atoms. The number of aromatic nitrogens is 1. The van der Waals surface area contributed by atoms with Crippen LogP contribution in [0.4, 0.5) is 0 Å². The number of fused-ring (bicyclic) bond motifs is 1. The maximum Gasteiger partial charge on any atom is 0.220 e. The SMILES string of the molecule is O=C1CC(c2nc3ccccc3s2)CN1. The zero-order chi connectivity index (χ0) is 10.3. The quantitative estimate of drug-likeness (QED) is 0.794. The van der Waals surface area contributed by atoms with E-state index in [-0.39, 0.29) is 11.8 Å². The molecule has 2 aromatic rings. The van der Waals surface area contributed by atoms with Gasteiger partial charge in [-0.2, -0.15) is 0 Å². The lowest BCUT2D eigenvalue weighted by atomic mass is 10.1. The van der Waals surface area contributed by atoms with Crippen LogP contribution in [0.15, 0.2) is 24.3 Å². The van der Waals surface area contributed by atoms with Gasteiger partial charge in [-0.1, -0.05) is 12.1 Å². The largest absolute Gasteiger partial charge is 0.355 e. The first-order valence-electron chi connectivity index (χ1n) is 4.95. The van der Waals surface area contributed by atoms with Crippen LogP contribution in [0.1, 0.15) is 17.3 Å². The number of amides is 1. The fourth-order valence-corrected chi connectivity index (χ4v) is 2.91. The lowest BCUT2D eigenvalue weighted by molar-refractivity contribution is -0.119. The maximum atomic E-state index is 11.1. The minimum atomic E-state index is 0.138. The summed E-state index contributed by atoms with van der Waals surface area (Å²) in [4.78, 5) is 15.7. The summed E-state index contributed by atoms with van der Waals surface area (Å²) in [5.74, 6) is 0.411. The van der Waals surface area contributed by atoms with Crippen molar-refractivity contribution < 1.29 is 4.79 Å². The smallest absolute Gasteiger partial charge is 0.220 e. The second kappa shape index (κ2) is 3.31. The molecule has 1 atom stereocenters. The highest BCUT2D eigenvalue weighted by atomic mass is 32.1. The van der Waals surface area contributed by atoms with Crippen LogP contribution in [-0.2, 0) is 4.79 Å². The predicted octanol–water partition coefficient (Wildman–Crippen LogP) is 1.90. The molecule has 0 radical (unpaired) electrons. The molecular formula is C11H10N2OS. The zero-order valence-electron chi connectivity index (χ0n) is 8.06. The van der Waals surface area contributed by atoms with E-state index in [0.29, 0.717) is 6.42 Å². The van der Waals surface area contributed by atoms with Gasteiger partial charge in [-0.15, -0.1) is 11.3 Å². The van der Waals surface area contributed by atoms with Crippen LogP contribution in [0.2, 0.25) is 0 Å². The standard InChI is InChI=1S/C11H10N2OS/c14-10-5-7(6-12-10)11-13-8-3-1-2-4-9(8)15-11/h1-4,7H,5-6H2,(H,12,14). The number of thiazole rings is 1. The average Bonchev–Trinajstić information content (AvgIpc) is 2.82. The summed E-state index contributed by atoms with van der Waals surface area (Å²) >= 11 is 1.69. The van der Waals surface area contributed by atoms with Gasteiger partial charge in [-0.3, -0.25) is 4.79 Å².